The fourth-order valence-corrected chi connectivity index (χ4v) is 4.89. The van der Waals surface area contributed by atoms with Gasteiger partial charge in [0, 0.05) is 4.88 Å². The van der Waals surface area contributed by atoms with Crippen LogP contribution in [0.15, 0.2) is 11.1 Å². The van der Waals surface area contributed by atoms with Crippen molar-refractivity contribution in [1.29, 1.82) is 0 Å². The van der Waals surface area contributed by atoms with E-state index in [4.69, 9.17) is 0 Å². The molecular formula is C18H24N2O3S. The van der Waals surface area contributed by atoms with Crippen LogP contribution in [0.1, 0.15) is 57.0 Å². The minimum absolute atomic E-state index is 0.207. The van der Waals surface area contributed by atoms with Gasteiger partial charge in [0.1, 0.15) is 10.9 Å². The molecule has 0 unspecified atom stereocenters. The molecule has 130 valence electrons. The molecule has 0 saturated heterocycles. The Morgan fingerprint density at radius 2 is 2.21 bits per heavy atom. The lowest BCUT2D eigenvalue weighted by Crippen LogP contribution is -2.30. The van der Waals surface area contributed by atoms with Crippen molar-refractivity contribution in [2.24, 2.45) is 11.3 Å². The molecular weight excluding hydrogens is 324 g/mol. The third-order valence-electron chi connectivity index (χ3n) is 5.23. The second-order valence-electron chi connectivity index (χ2n) is 7.71. The monoisotopic (exact) mass is 348 g/mol. The minimum atomic E-state index is -0.988. The van der Waals surface area contributed by atoms with Crippen LogP contribution < -0.4 is 5.56 Å². The standard InChI is InChI=1S/C18H24N2O3S/c1-5-12(17(22)23)20-9-19-15-14(16(20)21)11-7-6-10(18(2,3)4)8-13(11)24-15/h9-10,12H,5-8H2,1-4H3,(H,22,23)/t10-,12-/m0/s1. The predicted octanol–water partition coefficient (Wildman–Crippen LogP) is 3.64. The van der Waals surface area contributed by atoms with Crippen LogP contribution in [0.3, 0.4) is 0 Å². The number of aromatic nitrogens is 2. The number of aryl methyl sites for hydroxylation is 1. The van der Waals surface area contributed by atoms with E-state index in [1.165, 1.54) is 15.8 Å². The van der Waals surface area contributed by atoms with Gasteiger partial charge in [0.15, 0.2) is 0 Å². The maximum atomic E-state index is 12.9. The topological polar surface area (TPSA) is 72.2 Å². The Kier molecular flexibility index (Phi) is 4.28. The van der Waals surface area contributed by atoms with Gasteiger partial charge in [0.2, 0.25) is 0 Å². The number of rotatable bonds is 3. The van der Waals surface area contributed by atoms with E-state index >= 15 is 0 Å². The first-order valence-corrected chi connectivity index (χ1v) is 9.29. The second kappa shape index (κ2) is 5.99. The highest BCUT2D eigenvalue weighted by atomic mass is 32.1. The van der Waals surface area contributed by atoms with E-state index in [0.29, 0.717) is 17.7 Å². The van der Waals surface area contributed by atoms with E-state index in [2.05, 4.69) is 25.8 Å². The van der Waals surface area contributed by atoms with Gasteiger partial charge < -0.3 is 5.11 Å². The molecule has 0 aliphatic heterocycles. The van der Waals surface area contributed by atoms with E-state index in [1.807, 2.05) is 0 Å². The number of carboxylic acid groups (broad SMARTS) is 1. The molecule has 2 atom stereocenters. The highest BCUT2D eigenvalue weighted by molar-refractivity contribution is 7.18. The molecule has 1 aliphatic rings. The van der Waals surface area contributed by atoms with Crippen LogP contribution in [0.5, 0.6) is 0 Å². The van der Waals surface area contributed by atoms with Crippen LogP contribution >= 0.6 is 11.3 Å². The number of thiophene rings is 1. The quantitative estimate of drug-likeness (QED) is 0.919. The summed E-state index contributed by atoms with van der Waals surface area (Å²) in [5, 5.41) is 9.99. The van der Waals surface area contributed by atoms with Crippen LogP contribution in [-0.4, -0.2) is 20.6 Å². The van der Waals surface area contributed by atoms with Crippen LogP contribution in [-0.2, 0) is 17.6 Å². The zero-order valence-electron chi connectivity index (χ0n) is 14.6. The summed E-state index contributed by atoms with van der Waals surface area (Å²) in [6, 6.07) is -0.851. The zero-order valence-corrected chi connectivity index (χ0v) is 15.4. The Bertz CT molecular complexity index is 844. The molecule has 6 heteroatoms. The summed E-state index contributed by atoms with van der Waals surface area (Å²) < 4.78 is 1.29. The van der Waals surface area contributed by atoms with Crippen molar-refractivity contribution in [1.82, 2.24) is 9.55 Å². The molecule has 5 nitrogen and oxygen atoms in total. The van der Waals surface area contributed by atoms with E-state index in [9.17, 15) is 14.7 Å². The van der Waals surface area contributed by atoms with E-state index in [-0.39, 0.29) is 11.0 Å². The summed E-state index contributed by atoms with van der Waals surface area (Å²) in [7, 11) is 0. The van der Waals surface area contributed by atoms with Crippen LogP contribution in [0.2, 0.25) is 0 Å². The molecule has 1 aliphatic carbocycles. The van der Waals surface area contributed by atoms with Crippen molar-refractivity contribution in [3.63, 3.8) is 0 Å². The minimum Gasteiger partial charge on any atom is -0.480 e. The van der Waals surface area contributed by atoms with Crippen LogP contribution in [0, 0.1) is 11.3 Å². The Morgan fingerprint density at radius 3 is 2.79 bits per heavy atom. The average Bonchev–Trinajstić information content (AvgIpc) is 2.87. The van der Waals surface area contributed by atoms with Gasteiger partial charge in [-0.25, -0.2) is 9.78 Å². The molecule has 3 rings (SSSR count). The molecule has 0 radical (unpaired) electrons. The summed E-state index contributed by atoms with van der Waals surface area (Å²) in [5.41, 5.74) is 1.14. The van der Waals surface area contributed by atoms with Crippen LogP contribution in [0.4, 0.5) is 0 Å². The number of nitrogens with zero attached hydrogens (tertiary/aromatic N) is 2. The summed E-state index contributed by atoms with van der Waals surface area (Å²) >= 11 is 1.60. The predicted molar refractivity (Wildman–Crippen MR) is 95.8 cm³/mol. The number of hydrogen-bond donors (Lipinski definition) is 1. The molecule has 0 aromatic carbocycles. The van der Waals surface area contributed by atoms with E-state index in [1.54, 1.807) is 18.3 Å². The summed E-state index contributed by atoms with van der Waals surface area (Å²) in [5.74, 6) is -0.389. The fraction of sp³-hybridized carbons (Fsp3) is 0.611. The van der Waals surface area contributed by atoms with Gasteiger partial charge in [-0.1, -0.05) is 27.7 Å². The van der Waals surface area contributed by atoms with Crippen molar-refractivity contribution >= 4 is 27.5 Å². The highest BCUT2D eigenvalue weighted by Crippen LogP contribution is 2.42. The van der Waals surface area contributed by atoms with Gasteiger partial charge >= 0.3 is 5.97 Å². The molecule has 0 saturated carbocycles. The first-order valence-electron chi connectivity index (χ1n) is 8.48. The number of carbonyl (C=O) groups is 1. The molecule has 0 spiro atoms. The van der Waals surface area contributed by atoms with Gasteiger partial charge in [-0.05, 0) is 42.6 Å². The lowest BCUT2D eigenvalue weighted by atomic mass is 9.72. The normalized spacial score (nSPS) is 19.2. The lowest BCUT2D eigenvalue weighted by Gasteiger charge is -2.33. The van der Waals surface area contributed by atoms with Crippen LogP contribution in [0.25, 0.3) is 10.2 Å². The summed E-state index contributed by atoms with van der Waals surface area (Å²) in [4.78, 5) is 30.7. The Morgan fingerprint density at radius 1 is 1.50 bits per heavy atom. The van der Waals surface area contributed by atoms with Crippen molar-refractivity contribution < 1.29 is 9.90 Å². The first-order chi connectivity index (χ1) is 11.2. The number of fused-ring (bicyclic) bond motifs is 3. The fourth-order valence-electron chi connectivity index (χ4n) is 3.63. The molecule has 0 bridgehead atoms. The molecule has 1 N–H and O–H groups in total. The largest absolute Gasteiger partial charge is 0.480 e. The van der Waals surface area contributed by atoms with Crippen molar-refractivity contribution in [3.05, 3.63) is 27.1 Å². The molecule has 0 fully saturated rings. The molecule has 24 heavy (non-hydrogen) atoms. The molecule has 2 aromatic heterocycles. The van der Waals surface area contributed by atoms with Crippen molar-refractivity contribution in [2.75, 3.05) is 0 Å². The molecule has 2 aromatic rings. The number of aliphatic carboxylic acids is 1. The smallest absolute Gasteiger partial charge is 0.326 e. The van der Waals surface area contributed by atoms with Gasteiger partial charge in [0.25, 0.3) is 5.56 Å². The third kappa shape index (κ3) is 2.77. The lowest BCUT2D eigenvalue weighted by molar-refractivity contribution is -0.141. The van der Waals surface area contributed by atoms with Gasteiger partial charge in [-0.3, -0.25) is 9.36 Å². The zero-order chi connectivity index (χ0) is 17.6. The third-order valence-corrected chi connectivity index (χ3v) is 6.39. The Hall–Kier alpha value is -1.69. The van der Waals surface area contributed by atoms with E-state index < -0.39 is 12.0 Å². The highest BCUT2D eigenvalue weighted by Gasteiger charge is 2.32. The number of hydrogen-bond acceptors (Lipinski definition) is 4. The average molecular weight is 348 g/mol. The second-order valence-corrected chi connectivity index (χ2v) is 8.79. The van der Waals surface area contributed by atoms with Crippen molar-refractivity contribution in [3.8, 4) is 0 Å². The molecule has 2 heterocycles. The Labute approximate surface area is 145 Å². The summed E-state index contributed by atoms with van der Waals surface area (Å²) in [6.45, 7) is 8.56. The summed E-state index contributed by atoms with van der Waals surface area (Å²) in [6.07, 6.45) is 4.68. The Balaban J connectivity index is 2.11. The van der Waals surface area contributed by atoms with Gasteiger partial charge in [0.05, 0.1) is 11.7 Å². The number of carboxylic acids is 1. The SMILES string of the molecule is CC[C@@H](C(=O)O)n1cnc2sc3c(c2c1=O)CC[C@H](C(C)(C)C)C3. The molecule has 0 amide bonds. The maximum absolute atomic E-state index is 12.9. The van der Waals surface area contributed by atoms with Gasteiger partial charge in [-0.15, -0.1) is 11.3 Å². The van der Waals surface area contributed by atoms with Crippen molar-refractivity contribution in [2.45, 2.75) is 59.4 Å². The van der Waals surface area contributed by atoms with Gasteiger partial charge in [-0.2, -0.15) is 0 Å². The first kappa shape index (κ1) is 17.1. The van der Waals surface area contributed by atoms with E-state index in [0.717, 1.165) is 29.7 Å². The maximum Gasteiger partial charge on any atom is 0.326 e.